The number of nitrogens with zero attached hydrogens (tertiary/aromatic N) is 2. The first-order valence-electron chi connectivity index (χ1n) is 7.25. The number of halogens is 1. The summed E-state index contributed by atoms with van der Waals surface area (Å²) in [5.41, 5.74) is 2.69. The lowest BCUT2D eigenvalue weighted by Crippen LogP contribution is -2.29. The first-order chi connectivity index (χ1) is 11.2. The predicted octanol–water partition coefficient (Wildman–Crippen LogP) is 3.22. The summed E-state index contributed by atoms with van der Waals surface area (Å²) in [6.07, 6.45) is 2.96. The third-order valence-electron chi connectivity index (χ3n) is 3.68. The number of rotatable bonds is 5. The molecule has 1 atom stereocenters. The van der Waals surface area contributed by atoms with Gasteiger partial charge in [-0.25, -0.2) is 9.37 Å². The number of carbonyl (C=O) groups is 1. The summed E-state index contributed by atoms with van der Waals surface area (Å²) >= 11 is 0. The van der Waals surface area contributed by atoms with Gasteiger partial charge in [0, 0.05) is 6.54 Å². The Bertz CT molecular complexity index is 839. The van der Waals surface area contributed by atoms with Crippen LogP contribution in [0.15, 0.2) is 67.5 Å². The Balaban J connectivity index is 1.93. The van der Waals surface area contributed by atoms with E-state index in [1.807, 2.05) is 28.8 Å². The quantitative estimate of drug-likeness (QED) is 0.736. The fourth-order valence-corrected chi connectivity index (χ4v) is 2.51. The molecule has 0 aliphatic heterocycles. The number of fused-ring (bicyclic) bond motifs is 1. The summed E-state index contributed by atoms with van der Waals surface area (Å²) in [5, 5.41) is 2.88. The predicted molar refractivity (Wildman–Crippen MR) is 87.2 cm³/mol. The van der Waals surface area contributed by atoms with Crippen molar-refractivity contribution in [2.45, 2.75) is 12.6 Å². The topological polar surface area (TPSA) is 46.9 Å². The lowest BCUT2D eigenvalue weighted by atomic mass is 10.1. The third-order valence-corrected chi connectivity index (χ3v) is 3.68. The second kappa shape index (κ2) is 6.44. The number of hydrogen-bond donors (Lipinski definition) is 1. The smallest absolute Gasteiger partial charge is 0.243 e. The average Bonchev–Trinajstić information content (AvgIpc) is 2.98. The molecule has 1 aromatic heterocycles. The summed E-state index contributed by atoms with van der Waals surface area (Å²) in [4.78, 5) is 16.1. The van der Waals surface area contributed by atoms with Crippen molar-refractivity contribution in [1.29, 1.82) is 0 Å². The van der Waals surface area contributed by atoms with E-state index in [0.717, 1.165) is 16.6 Å². The molecule has 5 heteroatoms. The zero-order valence-electron chi connectivity index (χ0n) is 12.4. The van der Waals surface area contributed by atoms with Crippen LogP contribution in [0, 0.1) is 5.82 Å². The van der Waals surface area contributed by atoms with E-state index in [1.54, 1.807) is 18.5 Å². The summed E-state index contributed by atoms with van der Waals surface area (Å²) in [6.45, 7) is 3.97. The van der Waals surface area contributed by atoms with Gasteiger partial charge in [0.1, 0.15) is 5.82 Å². The Morgan fingerprint density at radius 2 is 2.00 bits per heavy atom. The highest BCUT2D eigenvalue weighted by atomic mass is 19.1. The van der Waals surface area contributed by atoms with Crippen molar-refractivity contribution in [3.63, 3.8) is 0 Å². The van der Waals surface area contributed by atoms with Gasteiger partial charge in [-0.1, -0.05) is 30.8 Å². The Labute approximate surface area is 133 Å². The highest BCUT2D eigenvalue weighted by Gasteiger charge is 2.15. The van der Waals surface area contributed by atoms with Crippen molar-refractivity contribution < 1.29 is 9.18 Å². The zero-order valence-corrected chi connectivity index (χ0v) is 12.4. The fourth-order valence-electron chi connectivity index (χ4n) is 2.51. The van der Waals surface area contributed by atoms with Gasteiger partial charge in [0.25, 0.3) is 0 Å². The van der Waals surface area contributed by atoms with Gasteiger partial charge in [0.05, 0.1) is 23.4 Å². The third kappa shape index (κ3) is 3.29. The zero-order chi connectivity index (χ0) is 16.2. The van der Waals surface area contributed by atoms with Gasteiger partial charge in [-0.2, -0.15) is 0 Å². The van der Waals surface area contributed by atoms with Crippen LogP contribution in [-0.4, -0.2) is 15.5 Å². The molecule has 0 spiro atoms. The van der Waals surface area contributed by atoms with E-state index in [0.29, 0.717) is 6.54 Å². The van der Waals surface area contributed by atoms with Crippen LogP contribution in [0.1, 0.15) is 11.6 Å². The summed E-state index contributed by atoms with van der Waals surface area (Å²) < 4.78 is 15.1. The minimum atomic E-state index is -0.310. The monoisotopic (exact) mass is 309 g/mol. The van der Waals surface area contributed by atoms with Gasteiger partial charge in [-0.15, -0.1) is 0 Å². The molecule has 2 aromatic carbocycles. The van der Waals surface area contributed by atoms with Crippen molar-refractivity contribution in [3.05, 3.63) is 78.9 Å². The van der Waals surface area contributed by atoms with Crippen molar-refractivity contribution in [3.8, 4) is 0 Å². The second-order valence-corrected chi connectivity index (χ2v) is 5.20. The lowest BCUT2D eigenvalue weighted by Gasteiger charge is -2.19. The number of aromatic nitrogens is 2. The van der Waals surface area contributed by atoms with Crippen molar-refractivity contribution in [2.24, 2.45) is 0 Å². The Morgan fingerprint density at radius 1 is 1.26 bits per heavy atom. The molecule has 0 aliphatic carbocycles. The normalized spacial score (nSPS) is 12.0. The second-order valence-electron chi connectivity index (χ2n) is 5.20. The van der Waals surface area contributed by atoms with Gasteiger partial charge < -0.3 is 9.88 Å². The SMILES string of the molecule is C=CC(=O)NC(Cn1cnc2ccccc21)c1ccc(F)cc1. The maximum absolute atomic E-state index is 13.1. The summed E-state index contributed by atoms with van der Waals surface area (Å²) in [6, 6.07) is 13.6. The van der Waals surface area contributed by atoms with Crippen LogP contribution in [-0.2, 0) is 11.3 Å². The van der Waals surface area contributed by atoms with Crippen molar-refractivity contribution in [1.82, 2.24) is 14.9 Å². The fraction of sp³-hybridized carbons (Fsp3) is 0.111. The van der Waals surface area contributed by atoms with Crippen LogP contribution in [0.5, 0.6) is 0 Å². The molecule has 1 heterocycles. The molecule has 0 bridgehead atoms. The van der Waals surface area contributed by atoms with Crippen molar-refractivity contribution in [2.75, 3.05) is 0 Å². The molecule has 116 valence electrons. The first-order valence-corrected chi connectivity index (χ1v) is 7.25. The van der Waals surface area contributed by atoms with Crippen LogP contribution in [0.25, 0.3) is 11.0 Å². The highest BCUT2D eigenvalue weighted by molar-refractivity contribution is 5.87. The summed E-state index contributed by atoms with van der Waals surface area (Å²) in [7, 11) is 0. The molecule has 0 saturated carbocycles. The molecule has 1 N–H and O–H groups in total. The molecule has 4 nitrogen and oxygen atoms in total. The number of benzene rings is 2. The molecule has 3 aromatic rings. The Kier molecular flexibility index (Phi) is 4.19. The molecule has 3 rings (SSSR count). The molecule has 1 amide bonds. The van der Waals surface area contributed by atoms with Gasteiger partial charge in [-0.3, -0.25) is 4.79 Å². The van der Waals surface area contributed by atoms with Crippen LogP contribution < -0.4 is 5.32 Å². The molecule has 1 unspecified atom stereocenters. The van der Waals surface area contributed by atoms with Crippen LogP contribution in [0.3, 0.4) is 0 Å². The maximum Gasteiger partial charge on any atom is 0.243 e. The minimum absolute atomic E-state index is 0.274. The van der Waals surface area contributed by atoms with E-state index in [1.165, 1.54) is 18.2 Å². The van der Waals surface area contributed by atoms with E-state index in [2.05, 4.69) is 16.9 Å². The standard InChI is InChI=1S/C18H16FN3O/c1-2-18(23)21-16(13-7-9-14(19)10-8-13)11-22-12-20-15-5-3-4-6-17(15)22/h2-10,12,16H,1,11H2,(H,21,23). The maximum atomic E-state index is 13.1. The van der Waals surface area contributed by atoms with Gasteiger partial charge >= 0.3 is 0 Å². The Morgan fingerprint density at radius 3 is 2.74 bits per heavy atom. The molecular weight excluding hydrogens is 293 g/mol. The first kappa shape index (κ1) is 15.0. The molecule has 0 saturated heterocycles. The van der Waals surface area contributed by atoms with Crippen LogP contribution in [0.4, 0.5) is 4.39 Å². The number of hydrogen-bond acceptors (Lipinski definition) is 2. The average molecular weight is 309 g/mol. The van der Waals surface area contributed by atoms with Gasteiger partial charge in [0.2, 0.25) is 5.91 Å². The number of para-hydroxylation sites is 2. The molecule has 0 fully saturated rings. The van der Waals surface area contributed by atoms with E-state index in [4.69, 9.17) is 0 Å². The van der Waals surface area contributed by atoms with E-state index >= 15 is 0 Å². The summed E-state index contributed by atoms with van der Waals surface area (Å²) in [5.74, 6) is -0.584. The van der Waals surface area contributed by atoms with E-state index in [9.17, 15) is 9.18 Å². The number of imidazole rings is 1. The highest BCUT2D eigenvalue weighted by Crippen LogP contribution is 2.19. The van der Waals surface area contributed by atoms with Gasteiger partial charge in [0.15, 0.2) is 0 Å². The molecule has 23 heavy (non-hydrogen) atoms. The van der Waals surface area contributed by atoms with Crippen LogP contribution >= 0.6 is 0 Å². The molecular formula is C18H16FN3O. The van der Waals surface area contributed by atoms with Gasteiger partial charge in [-0.05, 0) is 35.9 Å². The number of carbonyl (C=O) groups excluding carboxylic acids is 1. The number of amides is 1. The molecule has 0 aliphatic rings. The number of nitrogens with one attached hydrogen (secondary N) is 1. The van der Waals surface area contributed by atoms with Crippen LogP contribution in [0.2, 0.25) is 0 Å². The van der Waals surface area contributed by atoms with Crippen molar-refractivity contribution >= 4 is 16.9 Å². The lowest BCUT2D eigenvalue weighted by molar-refractivity contribution is -0.117. The molecule has 0 radical (unpaired) electrons. The minimum Gasteiger partial charge on any atom is -0.344 e. The van der Waals surface area contributed by atoms with E-state index < -0.39 is 0 Å². The van der Waals surface area contributed by atoms with E-state index in [-0.39, 0.29) is 17.8 Å². The Hall–Kier alpha value is -2.95. The largest absolute Gasteiger partial charge is 0.344 e.